The van der Waals surface area contributed by atoms with E-state index in [-0.39, 0.29) is 10.7 Å². The predicted molar refractivity (Wildman–Crippen MR) is 72.0 cm³/mol. The van der Waals surface area contributed by atoms with E-state index in [1.807, 2.05) is 6.26 Å². The molecule has 0 aliphatic rings. The smallest absolute Gasteiger partial charge is 0.338 e. The van der Waals surface area contributed by atoms with Gasteiger partial charge in [0, 0.05) is 0 Å². The lowest BCUT2D eigenvalue weighted by molar-refractivity contribution is 0.0692. The Bertz CT molecular complexity index is 590. The normalized spacial score (nSPS) is 10.6. The van der Waals surface area contributed by atoms with Gasteiger partial charge in [-0.3, -0.25) is 0 Å². The molecule has 1 N–H and O–H groups in total. The first kappa shape index (κ1) is 13.6. The number of thioether (sulfide) groups is 1. The molecule has 0 radical (unpaired) electrons. The van der Waals surface area contributed by atoms with Crippen molar-refractivity contribution in [2.45, 2.75) is 13.7 Å². The first-order valence-corrected chi connectivity index (χ1v) is 7.79. The number of carboxylic acids is 1. The maximum Gasteiger partial charge on any atom is 0.338 e. The van der Waals surface area contributed by atoms with Gasteiger partial charge in [-0.15, -0.1) is 10.2 Å². The van der Waals surface area contributed by atoms with Crippen molar-refractivity contribution in [2.24, 2.45) is 0 Å². The molecule has 0 amide bonds. The van der Waals surface area contributed by atoms with Gasteiger partial charge in [0.2, 0.25) is 0 Å². The fourth-order valence-corrected chi connectivity index (χ4v) is 3.72. The standard InChI is InChI=1S/C9H6ClN3O2S3/c1-16-8-12-13-9(18-8)17-6-4(7(14)15)2-3-5(10)11-6/h2-3H,1H3,(H,14,15). The lowest BCUT2D eigenvalue weighted by Crippen LogP contribution is -2.00. The summed E-state index contributed by atoms with van der Waals surface area (Å²) in [7, 11) is 0. The van der Waals surface area contributed by atoms with Crippen LogP contribution >= 0.6 is 46.5 Å². The van der Waals surface area contributed by atoms with Gasteiger partial charge in [-0.1, -0.05) is 34.7 Å². The summed E-state index contributed by atoms with van der Waals surface area (Å²) >= 11 is 9.78. The van der Waals surface area contributed by atoms with Crippen LogP contribution in [0.5, 0.6) is 0 Å². The van der Waals surface area contributed by atoms with Crippen molar-refractivity contribution in [1.82, 2.24) is 15.2 Å². The monoisotopic (exact) mass is 319 g/mol. The highest BCUT2D eigenvalue weighted by molar-refractivity contribution is 8.03. The van der Waals surface area contributed by atoms with Crippen molar-refractivity contribution in [2.75, 3.05) is 6.26 Å². The summed E-state index contributed by atoms with van der Waals surface area (Å²) in [6, 6.07) is 2.87. The van der Waals surface area contributed by atoms with Gasteiger partial charge >= 0.3 is 5.97 Å². The van der Waals surface area contributed by atoms with Crippen LogP contribution in [0.15, 0.2) is 25.8 Å². The molecular formula is C9H6ClN3O2S3. The van der Waals surface area contributed by atoms with Gasteiger partial charge in [0.25, 0.3) is 0 Å². The van der Waals surface area contributed by atoms with E-state index in [4.69, 9.17) is 16.7 Å². The second-order valence-electron chi connectivity index (χ2n) is 2.93. The van der Waals surface area contributed by atoms with Crippen LogP contribution in [0.1, 0.15) is 10.4 Å². The summed E-state index contributed by atoms with van der Waals surface area (Å²) in [6.07, 6.45) is 1.90. The van der Waals surface area contributed by atoms with E-state index in [0.29, 0.717) is 9.37 Å². The molecule has 0 saturated carbocycles. The molecule has 0 aliphatic carbocycles. The first-order valence-electron chi connectivity index (χ1n) is 4.55. The molecule has 94 valence electrons. The number of halogens is 1. The molecule has 9 heteroatoms. The maximum atomic E-state index is 11.1. The summed E-state index contributed by atoms with van der Waals surface area (Å²) in [5.74, 6) is -1.05. The molecule has 2 aromatic rings. The highest BCUT2D eigenvalue weighted by Crippen LogP contribution is 2.34. The average molecular weight is 320 g/mol. The Morgan fingerprint density at radius 3 is 2.72 bits per heavy atom. The van der Waals surface area contributed by atoms with E-state index >= 15 is 0 Å². The number of hydrogen-bond donors (Lipinski definition) is 1. The number of rotatable bonds is 4. The zero-order chi connectivity index (χ0) is 13.1. The summed E-state index contributed by atoms with van der Waals surface area (Å²) < 4.78 is 1.45. The minimum atomic E-state index is -1.05. The Hall–Kier alpha value is -0.830. The molecule has 0 atom stereocenters. The molecular weight excluding hydrogens is 314 g/mol. The fourth-order valence-electron chi connectivity index (χ4n) is 1.06. The van der Waals surface area contributed by atoms with E-state index in [2.05, 4.69) is 15.2 Å². The Morgan fingerprint density at radius 1 is 1.39 bits per heavy atom. The van der Waals surface area contributed by atoms with Crippen LogP contribution in [0, 0.1) is 0 Å². The fraction of sp³-hybridized carbons (Fsp3) is 0.111. The molecule has 2 heterocycles. The number of pyridine rings is 1. The van der Waals surface area contributed by atoms with Crippen LogP contribution in [-0.2, 0) is 0 Å². The molecule has 0 unspecified atom stereocenters. The Morgan fingerprint density at radius 2 is 2.11 bits per heavy atom. The second kappa shape index (κ2) is 5.87. The Balaban J connectivity index is 2.32. The molecule has 0 fully saturated rings. The number of hydrogen-bond acceptors (Lipinski definition) is 7. The van der Waals surface area contributed by atoms with Crippen molar-refractivity contribution < 1.29 is 9.90 Å². The van der Waals surface area contributed by atoms with Gasteiger partial charge in [0.1, 0.15) is 10.2 Å². The van der Waals surface area contributed by atoms with E-state index in [0.717, 1.165) is 16.1 Å². The quantitative estimate of drug-likeness (QED) is 0.685. The molecule has 0 aliphatic heterocycles. The molecule has 18 heavy (non-hydrogen) atoms. The zero-order valence-corrected chi connectivity index (χ0v) is 12.2. The van der Waals surface area contributed by atoms with Crippen molar-refractivity contribution in [3.8, 4) is 0 Å². The number of carbonyl (C=O) groups is 1. The van der Waals surface area contributed by atoms with Crippen LogP contribution in [0.4, 0.5) is 0 Å². The summed E-state index contributed by atoms with van der Waals surface area (Å²) in [4.78, 5) is 15.1. The first-order chi connectivity index (χ1) is 8.60. The molecule has 0 aromatic carbocycles. The van der Waals surface area contributed by atoms with Gasteiger partial charge in [0.15, 0.2) is 8.68 Å². The maximum absolute atomic E-state index is 11.1. The lowest BCUT2D eigenvalue weighted by atomic mass is 10.3. The topological polar surface area (TPSA) is 76.0 Å². The number of aromatic nitrogens is 3. The van der Waals surface area contributed by atoms with Crippen LogP contribution in [0.2, 0.25) is 5.15 Å². The Labute approximate surface area is 120 Å². The van der Waals surface area contributed by atoms with E-state index in [9.17, 15) is 4.79 Å². The van der Waals surface area contributed by atoms with E-state index in [1.54, 1.807) is 0 Å². The largest absolute Gasteiger partial charge is 0.478 e. The van der Waals surface area contributed by atoms with Gasteiger partial charge in [-0.25, -0.2) is 9.78 Å². The van der Waals surface area contributed by atoms with Crippen molar-refractivity contribution in [3.05, 3.63) is 22.8 Å². The summed E-state index contributed by atoms with van der Waals surface area (Å²) in [6.45, 7) is 0. The van der Waals surface area contributed by atoms with Gasteiger partial charge in [0.05, 0.1) is 5.56 Å². The summed E-state index contributed by atoms with van der Waals surface area (Å²) in [5, 5.41) is 17.5. The molecule has 2 aromatic heterocycles. The molecule has 0 bridgehead atoms. The van der Waals surface area contributed by atoms with Gasteiger partial charge in [-0.05, 0) is 30.2 Å². The highest BCUT2D eigenvalue weighted by atomic mass is 35.5. The third kappa shape index (κ3) is 3.14. The Kier molecular flexibility index (Phi) is 4.44. The van der Waals surface area contributed by atoms with Crippen LogP contribution in [-0.4, -0.2) is 32.5 Å². The van der Waals surface area contributed by atoms with E-state index in [1.165, 1.54) is 35.2 Å². The van der Waals surface area contributed by atoms with Gasteiger partial charge in [-0.2, -0.15) is 0 Å². The molecule has 0 saturated heterocycles. The summed E-state index contributed by atoms with van der Waals surface area (Å²) in [5.41, 5.74) is 0.102. The van der Waals surface area contributed by atoms with Crippen LogP contribution in [0.3, 0.4) is 0 Å². The van der Waals surface area contributed by atoms with Crippen molar-refractivity contribution >= 4 is 52.4 Å². The number of nitrogens with zero attached hydrogens (tertiary/aromatic N) is 3. The predicted octanol–water partition coefficient (Wildman–Crippen LogP) is 3.16. The lowest BCUT2D eigenvalue weighted by Gasteiger charge is -2.02. The average Bonchev–Trinajstić information content (AvgIpc) is 2.76. The van der Waals surface area contributed by atoms with E-state index < -0.39 is 5.97 Å². The molecule has 2 rings (SSSR count). The molecule has 0 spiro atoms. The molecule has 5 nitrogen and oxygen atoms in total. The minimum absolute atomic E-state index is 0.102. The van der Waals surface area contributed by atoms with Crippen LogP contribution in [0.25, 0.3) is 0 Å². The van der Waals surface area contributed by atoms with Crippen molar-refractivity contribution in [3.63, 3.8) is 0 Å². The highest BCUT2D eigenvalue weighted by Gasteiger charge is 2.15. The van der Waals surface area contributed by atoms with Crippen LogP contribution < -0.4 is 0 Å². The van der Waals surface area contributed by atoms with Crippen molar-refractivity contribution in [1.29, 1.82) is 0 Å². The number of aromatic carboxylic acids is 1. The SMILES string of the molecule is CSc1nnc(Sc2nc(Cl)ccc2C(=O)O)s1. The minimum Gasteiger partial charge on any atom is -0.478 e. The second-order valence-corrected chi connectivity index (χ2v) is 6.59. The zero-order valence-electron chi connectivity index (χ0n) is 8.95. The van der Waals surface area contributed by atoms with Gasteiger partial charge < -0.3 is 5.11 Å². The number of carboxylic acid groups (broad SMARTS) is 1. The third-order valence-electron chi connectivity index (χ3n) is 1.80. The third-order valence-corrected chi connectivity index (χ3v) is 4.97.